The molecule has 0 saturated carbocycles. The Morgan fingerprint density at radius 1 is 1.44 bits per heavy atom. The molecule has 4 heteroatoms. The molecule has 4 nitrogen and oxygen atoms in total. The Kier molecular flexibility index (Phi) is 3.90. The lowest BCUT2D eigenvalue weighted by atomic mass is 10.1. The number of carboxylic acids is 1. The second-order valence-electron chi connectivity index (χ2n) is 3.73. The Bertz CT molecular complexity index is 421. The highest BCUT2D eigenvalue weighted by Crippen LogP contribution is 2.20. The predicted octanol–water partition coefficient (Wildman–Crippen LogP) is 2.05. The second kappa shape index (κ2) is 5.17. The van der Waals surface area contributed by atoms with E-state index in [1.54, 1.807) is 38.1 Å². The van der Waals surface area contributed by atoms with Crippen molar-refractivity contribution in [3.63, 3.8) is 0 Å². The highest BCUT2D eigenvalue weighted by atomic mass is 16.5. The van der Waals surface area contributed by atoms with Crippen LogP contribution in [0.3, 0.4) is 0 Å². The number of nitrogens with zero attached hydrogens (tertiary/aromatic N) is 1. The van der Waals surface area contributed by atoms with Crippen LogP contribution in [0.4, 0.5) is 0 Å². The van der Waals surface area contributed by atoms with Gasteiger partial charge in [0.15, 0.2) is 6.10 Å². The molecule has 1 aromatic carbocycles. The highest BCUT2D eigenvalue weighted by molar-refractivity contribution is 5.73. The van der Waals surface area contributed by atoms with E-state index in [1.807, 2.05) is 6.07 Å². The van der Waals surface area contributed by atoms with Gasteiger partial charge in [-0.3, -0.25) is 0 Å². The smallest absolute Gasteiger partial charge is 0.345 e. The Morgan fingerprint density at radius 3 is 2.56 bits per heavy atom. The number of hydrogen-bond donors (Lipinski definition) is 1. The highest BCUT2D eigenvalue weighted by Gasteiger charge is 2.24. The van der Waals surface area contributed by atoms with Gasteiger partial charge in [-0.05, 0) is 12.1 Å². The summed E-state index contributed by atoms with van der Waals surface area (Å²) in [5.74, 6) is -0.877. The van der Waals surface area contributed by atoms with Crippen LogP contribution in [0.5, 0.6) is 5.75 Å². The first-order valence-corrected chi connectivity index (χ1v) is 4.95. The number of ether oxygens (including phenoxy) is 1. The van der Waals surface area contributed by atoms with Gasteiger partial charge in [0.25, 0.3) is 0 Å². The monoisotopic (exact) mass is 219 g/mol. The molecule has 0 spiro atoms. The number of hydrogen-bond acceptors (Lipinski definition) is 3. The van der Waals surface area contributed by atoms with Gasteiger partial charge in [-0.15, -0.1) is 0 Å². The molecule has 0 aliphatic rings. The van der Waals surface area contributed by atoms with Gasteiger partial charge in [0.05, 0.1) is 5.56 Å². The van der Waals surface area contributed by atoms with E-state index in [-0.39, 0.29) is 5.92 Å². The average molecular weight is 219 g/mol. The van der Waals surface area contributed by atoms with Crippen LogP contribution in [0.2, 0.25) is 0 Å². The minimum atomic E-state index is -1.03. The molecule has 16 heavy (non-hydrogen) atoms. The number of rotatable bonds is 4. The maximum Gasteiger partial charge on any atom is 0.345 e. The zero-order valence-electron chi connectivity index (χ0n) is 9.18. The van der Waals surface area contributed by atoms with Crippen LogP contribution in [0, 0.1) is 17.2 Å². The first kappa shape index (κ1) is 12.1. The van der Waals surface area contributed by atoms with Crippen LogP contribution >= 0.6 is 0 Å². The number of benzene rings is 1. The standard InChI is InChI=1S/C12H13NO3/c1-8(2)11(12(14)15)16-10-6-4-3-5-9(10)7-13/h3-6,8,11H,1-2H3,(H,14,15). The van der Waals surface area contributed by atoms with Crippen molar-refractivity contribution in [2.75, 3.05) is 0 Å². The maximum absolute atomic E-state index is 10.9. The molecular weight excluding hydrogens is 206 g/mol. The fourth-order valence-corrected chi connectivity index (χ4v) is 1.27. The van der Waals surface area contributed by atoms with E-state index in [0.29, 0.717) is 11.3 Å². The molecule has 1 aromatic rings. The van der Waals surface area contributed by atoms with Crippen LogP contribution in [0.1, 0.15) is 19.4 Å². The molecule has 1 unspecified atom stereocenters. The zero-order valence-corrected chi connectivity index (χ0v) is 9.18. The quantitative estimate of drug-likeness (QED) is 0.841. The molecule has 84 valence electrons. The minimum Gasteiger partial charge on any atom is -0.478 e. The molecular formula is C12H13NO3. The third-order valence-electron chi connectivity index (χ3n) is 2.11. The SMILES string of the molecule is CC(C)C(Oc1ccccc1C#N)C(=O)O. The Labute approximate surface area is 94.1 Å². The summed E-state index contributed by atoms with van der Waals surface area (Å²) in [6.45, 7) is 3.52. The van der Waals surface area contributed by atoms with Crippen LogP contribution in [-0.2, 0) is 4.79 Å². The second-order valence-corrected chi connectivity index (χ2v) is 3.73. The van der Waals surface area contributed by atoms with E-state index in [2.05, 4.69) is 0 Å². The summed E-state index contributed by atoms with van der Waals surface area (Å²) < 4.78 is 5.34. The number of nitriles is 1. The van der Waals surface area contributed by atoms with E-state index in [4.69, 9.17) is 15.1 Å². The third-order valence-corrected chi connectivity index (χ3v) is 2.11. The van der Waals surface area contributed by atoms with Crippen LogP contribution in [0.15, 0.2) is 24.3 Å². The van der Waals surface area contributed by atoms with E-state index < -0.39 is 12.1 Å². The molecule has 0 bridgehead atoms. The first-order chi connectivity index (χ1) is 7.56. The van der Waals surface area contributed by atoms with E-state index in [1.165, 1.54) is 0 Å². The lowest BCUT2D eigenvalue weighted by Gasteiger charge is -2.18. The average Bonchev–Trinajstić information content (AvgIpc) is 2.25. The van der Waals surface area contributed by atoms with Gasteiger partial charge in [-0.2, -0.15) is 5.26 Å². The number of carboxylic acid groups (broad SMARTS) is 1. The number of para-hydroxylation sites is 1. The van der Waals surface area contributed by atoms with Gasteiger partial charge < -0.3 is 9.84 Å². The number of carbonyl (C=O) groups is 1. The van der Waals surface area contributed by atoms with Crippen molar-refractivity contribution in [3.8, 4) is 11.8 Å². The van der Waals surface area contributed by atoms with E-state index >= 15 is 0 Å². The van der Waals surface area contributed by atoms with Gasteiger partial charge in [0.2, 0.25) is 0 Å². The summed E-state index contributed by atoms with van der Waals surface area (Å²) >= 11 is 0. The molecule has 0 heterocycles. The summed E-state index contributed by atoms with van der Waals surface area (Å²) in [6, 6.07) is 8.56. The Hall–Kier alpha value is -2.02. The molecule has 0 aromatic heterocycles. The van der Waals surface area contributed by atoms with Gasteiger partial charge in [-0.1, -0.05) is 26.0 Å². The van der Waals surface area contributed by atoms with Gasteiger partial charge in [0.1, 0.15) is 11.8 Å². The Balaban J connectivity index is 2.94. The lowest BCUT2D eigenvalue weighted by molar-refractivity contribution is -0.147. The first-order valence-electron chi connectivity index (χ1n) is 4.95. The lowest BCUT2D eigenvalue weighted by Crippen LogP contribution is -2.32. The zero-order chi connectivity index (χ0) is 12.1. The van der Waals surface area contributed by atoms with Crippen LogP contribution in [-0.4, -0.2) is 17.2 Å². The van der Waals surface area contributed by atoms with E-state index in [9.17, 15) is 4.79 Å². The summed E-state index contributed by atoms with van der Waals surface area (Å²) in [5.41, 5.74) is 0.342. The molecule has 0 amide bonds. The van der Waals surface area contributed by atoms with Crippen molar-refractivity contribution < 1.29 is 14.6 Å². The van der Waals surface area contributed by atoms with Crippen molar-refractivity contribution in [2.24, 2.45) is 5.92 Å². The van der Waals surface area contributed by atoms with Crippen LogP contribution in [0.25, 0.3) is 0 Å². The molecule has 0 aliphatic carbocycles. The van der Waals surface area contributed by atoms with Gasteiger partial charge >= 0.3 is 5.97 Å². The van der Waals surface area contributed by atoms with E-state index in [0.717, 1.165) is 0 Å². The predicted molar refractivity (Wildman–Crippen MR) is 58.0 cm³/mol. The summed E-state index contributed by atoms with van der Waals surface area (Å²) in [6.07, 6.45) is -0.936. The fourth-order valence-electron chi connectivity index (χ4n) is 1.27. The molecule has 1 atom stereocenters. The summed E-state index contributed by atoms with van der Waals surface area (Å²) in [7, 11) is 0. The topological polar surface area (TPSA) is 70.3 Å². The molecule has 0 fully saturated rings. The van der Waals surface area contributed by atoms with Gasteiger partial charge in [0, 0.05) is 5.92 Å². The molecule has 1 rings (SSSR count). The summed E-state index contributed by atoms with van der Waals surface area (Å²) in [5, 5.41) is 17.8. The molecule has 0 radical (unpaired) electrons. The van der Waals surface area contributed by atoms with Crippen molar-refractivity contribution in [3.05, 3.63) is 29.8 Å². The Morgan fingerprint density at radius 2 is 2.06 bits per heavy atom. The van der Waals surface area contributed by atoms with Gasteiger partial charge in [-0.25, -0.2) is 4.79 Å². The normalized spacial score (nSPS) is 11.9. The van der Waals surface area contributed by atoms with Crippen molar-refractivity contribution in [2.45, 2.75) is 20.0 Å². The fraction of sp³-hybridized carbons (Fsp3) is 0.333. The van der Waals surface area contributed by atoms with Crippen molar-refractivity contribution in [1.82, 2.24) is 0 Å². The van der Waals surface area contributed by atoms with Crippen molar-refractivity contribution >= 4 is 5.97 Å². The molecule has 0 saturated heterocycles. The van der Waals surface area contributed by atoms with Crippen molar-refractivity contribution in [1.29, 1.82) is 5.26 Å². The number of aliphatic carboxylic acids is 1. The maximum atomic E-state index is 10.9. The molecule has 0 aliphatic heterocycles. The minimum absolute atomic E-state index is 0.163. The molecule has 1 N–H and O–H groups in total. The van der Waals surface area contributed by atoms with Crippen LogP contribution < -0.4 is 4.74 Å². The third kappa shape index (κ3) is 2.74. The largest absolute Gasteiger partial charge is 0.478 e. The summed E-state index contributed by atoms with van der Waals surface area (Å²) in [4.78, 5) is 10.9.